The summed E-state index contributed by atoms with van der Waals surface area (Å²) in [6, 6.07) is 0. The molecule has 2 N–H and O–H groups in total. The van der Waals surface area contributed by atoms with E-state index in [0.29, 0.717) is 12.8 Å². The fourth-order valence-electron chi connectivity index (χ4n) is 5.48. The number of rotatable bonds is 34. The van der Waals surface area contributed by atoms with Gasteiger partial charge in [-0.2, -0.15) is 0 Å². The maximum Gasteiger partial charge on any atom is 0.322 e. The predicted octanol–water partition coefficient (Wildman–Crippen LogP) is 11.2. The van der Waals surface area contributed by atoms with E-state index in [1.807, 2.05) is 0 Å². The van der Waals surface area contributed by atoms with Gasteiger partial charge >= 0.3 is 11.9 Å². The second kappa shape index (κ2) is 34.8. The molecule has 0 saturated heterocycles. The number of esters is 1. The quantitative estimate of drug-likeness (QED) is 0.0418. The van der Waals surface area contributed by atoms with E-state index in [9.17, 15) is 14.4 Å². The predicted molar refractivity (Wildman–Crippen MR) is 189 cm³/mol. The number of ether oxygens (including phenoxy) is 1. The van der Waals surface area contributed by atoms with Crippen molar-refractivity contribution < 1.29 is 24.2 Å². The van der Waals surface area contributed by atoms with Crippen LogP contribution in [0.15, 0.2) is 24.3 Å². The van der Waals surface area contributed by atoms with Crippen molar-refractivity contribution >= 4 is 17.8 Å². The molecule has 0 radical (unpaired) electrons. The third-order valence-electron chi connectivity index (χ3n) is 8.33. The van der Waals surface area contributed by atoms with Crippen molar-refractivity contribution in [1.29, 1.82) is 0 Å². The van der Waals surface area contributed by atoms with Gasteiger partial charge in [0.15, 0.2) is 0 Å². The number of aliphatic carboxylic acids is 1. The molecule has 0 heterocycles. The van der Waals surface area contributed by atoms with Gasteiger partial charge in [0.1, 0.15) is 12.6 Å². The summed E-state index contributed by atoms with van der Waals surface area (Å²) in [4.78, 5) is 34.8. The highest BCUT2D eigenvalue weighted by molar-refractivity contribution is 5.80. The Kier molecular flexibility index (Phi) is 33.1. The van der Waals surface area contributed by atoms with Gasteiger partial charge in [0.05, 0.1) is 0 Å². The Morgan fingerprint density at radius 1 is 0.578 bits per heavy atom. The van der Waals surface area contributed by atoms with Crippen LogP contribution >= 0.6 is 0 Å². The molecule has 0 bridgehead atoms. The minimum Gasteiger partial charge on any atom is -0.480 e. The maximum atomic E-state index is 12.6. The Hall–Kier alpha value is -2.11. The molecule has 0 aromatic rings. The van der Waals surface area contributed by atoms with E-state index >= 15 is 0 Å². The number of allylic oxidation sites excluding steroid dienone is 3. The first-order valence-corrected chi connectivity index (χ1v) is 19.0. The van der Waals surface area contributed by atoms with Crippen molar-refractivity contribution in [3.8, 4) is 0 Å². The van der Waals surface area contributed by atoms with E-state index in [0.717, 1.165) is 51.4 Å². The summed E-state index contributed by atoms with van der Waals surface area (Å²) in [5.41, 5.74) is 0. The van der Waals surface area contributed by atoms with Gasteiger partial charge in [-0.3, -0.25) is 14.4 Å². The lowest BCUT2D eigenvalue weighted by molar-refractivity contribution is -0.147. The number of hydrogen-bond donors (Lipinski definition) is 2. The number of carbonyl (C=O) groups excluding carboxylic acids is 2. The van der Waals surface area contributed by atoms with Crippen molar-refractivity contribution in [2.45, 2.75) is 200 Å². The van der Waals surface area contributed by atoms with Crippen molar-refractivity contribution in [3.63, 3.8) is 0 Å². The van der Waals surface area contributed by atoms with Crippen molar-refractivity contribution in [1.82, 2.24) is 5.32 Å². The summed E-state index contributed by atoms with van der Waals surface area (Å²) in [5.74, 6) is -1.33. The largest absolute Gasteiger partial charge is 0.480 e. The molecule has 1 atom stereocenters. The standard InChI is InChI=1S/C39H71NO5/c1-3-5-7-9-11-13-14-15-16-17-18-20-22-24-30-34-39(44)45-36(31-27-23-21-19-12-10-8-6-4-2)32-28-25-26-29-33-37(41)40-35-38(42)43/h15-16,27,31,36H,3-14,17-26,28-30,32-35H2,1-2H3,(H,40,41)(H,42,43)/b16-15-,31-27-. The second-order valence-corrected chi connectivity index (χ2v) is 12.8. The molecule has 262 valence electrons. The minimum absolute atomic E-state index is 0.0895. The molecule has 1 amide bonds. The molecular weight excluding hydrogens is 562 g/mol. The highest BCUT2D eigenvalue weighted by Gasteiger charge is 2.12. The summed E-state index contributed by atoms with van der Waals surface area (Å²) in [6.45, 7) is 4.18. The van der Waals surface area contributed by atoms with Gasteiger partial charge in [0.2, 0.25) is 5.91 Å². The van der Waals surface area contributed by atoms with Crippen LogP contribution in [0.5, 0.6) is 0 Å². The molecule has 0 aromatic carbocycles. The lowest BCUT2D eigenvalue weighted by Crippen LogP contribution is -2.28. The Morgan fingerprint density at radius 3 is 1.56 bits per heavy atom. The van der Waals surface area contributed by atoms with E-state index in [1.54, 1.807) is 0 Å². The smallest absolute Gasteiger partial charge is 0.322 e. The summed E-state index contributed by atoms with van der Waals surface area (Å²) in [5, 5.41) is 11.1. The molecule has 0 aromatic heterocycles. The molecule has 0 spiro atoms. The summed E-state index contributed by atoms with van der Waals surface area (Å²) >= 11 is 0. The summed E-state index contributed by atoms with van der Waals surface area (Å²) in [6.07, 6.45) is 40.2. The molecule has 6 nitrogen and oxygen atoms in total. The first kappa shape index (κ1) is 42.9. The van der Waals surface area contributed by atoms with Crippen LogP contribution in [0.3, 0.4) is 0 Å². The van der Waals surface area contributed by atoms with Crippen LogP contribution in [-0.4, -0.2) is 35.6 Å². The fourth-order valence-corrected chi connectivity index (χ4v) is 5.48. The van der Waals surface area contributed by atoms with Crippen molar-refractivity contribution in [2.24, 2.45) is 0 Å². The van der Waals surface area contributed by atoms with Crippen molar-refractivity contribution in [3.05, 3.63) is 24.3 Å². The average Bonchev–Trinajstić information content (AvgIpc) is 3.02. The summed E-state index contributed by atoms with van der Waals surface area (Å²) < 4.78 is 5.89. The lowest BCUT2D eigenvalue weighted by atomic mass is 10.1. The highest BCUT2D eigenvalue weighted by Crippen LogP contribution is 2.15. The van der Waals surface area contributed by atoms with Crippen LogP contribution in [0, 0.1) is 0 Å². The number of unbranched alkanes of at least 4 members (excludes halogenated alkanes) is 21. The molecule has 0 aliphatic rings. The van der Waals surface area contributed by atoms with E-state index < -0.39 is 5.97 Å². The lowest BCUT2D eigenvalue weighted by Gasteiger charge is -2.15. The van der Waals surface area contributed by atoms with Crippen LogP contribution in [-0.2, 0) is 19.1 Å². The average molecular weight is 634 g/mol. The number of amides is 1. The van der Waals surface area contributed by atoms with E-state index in [2.05, 4.69) is 43.5 Å². The van der Waals surface area contributed by atoms with Crippen molar-refractivity contribution in [2.75, 3.05) is 6.54 Å². The van der Waals surface area contributed by atoms with Gasteiger partial charge in [-0.05, 0) is 70.3 Å². The SMILES string of the molecule is CCCCCCCC/C=C\CCCCCCCC(=O)OC(/C=C\CCCCCCCCC)CCCCCCC(=O)NCC(=O)O. The topological polar surface area (TPSA) is 92.7 Å². The molecule has 0 saturated carbocycles. The van der Waals surface area contributed by atoms with Gasteiger partial charge in [-0.25, -0.2) is 0 Å². The zero-order chi connectivity index (χ0) is 33.1. The van der Waals surface area contributed by atoms with Crippen LogP contribution in [0.1, 0.15) is 194 Å². The van der Waals surface area contributed by atoms with Crippen LogP contribution in [0.4, 0.5) is 0 Å². The monoisotopic (exact) mass is 634 g/mol. The fraction of sp³-hybridized carbons (Fsp3) is 0.821. The molecule has 0 rings (SSSR count). The molecule has 45 heavy (non-hydrogen) atoms. The van der Waals surface area contributed by atoms with E-state index in [1.165, 1.54) is 116 Å². The third-order valence-corrected chi connectivity index (χ3v) is 8.33. The zero-order valence-electron chi connectivity index (χ0n) is 29.5. The van der Waals surface area contributed by atoms with Gasteiger partial charge < -0.3 is 15.2 Å². The number of hydrogen-bond acceptors (Lipinski definition) is 4. The summed E-state index contributed by atoms with van der Waals surface area (Å²) in [7, 11) is 0. The van der Waals surface area contributed by atoms with E-state index in [4.69, 9.17) is 9.84 Å². The third kappa shape index (κ3) is 34.6. The van der Waals surface area contributed by atoms with Gasteiger partial charge in [0, 0.05) is 12.8 Å². The normalized spacial score (nSPS) is 12.2. The zero-order valence-corrected chi connectivity index (χ0v) is 29.5. The second-order valence-electron chi connectivity index (χ2n) is 12.8. The molecule has 6 heteroatoms. The van der Waals surface area contributed by atoms with Crippen LogP contribution in [0.2, 0.25) is 0 Å². The van der Waals surface area contributed by atoms with Gasteiger partial charge in [0.25, 0.3) is 0 Å². The van der Waals surface area contributed by atoms with Gasteiger partial charge in [-0.1, -0.05) is 135 Å². The highest BCUT2D eigenvalue weighted by atomic mass is 16.5. The van der Waals surface area contributed by atoms with Gasteiger partial charge in [-0.15, -0.1) is 0 Å². The molecule has 0 fully saturated rings. The first-order valence-electron chi connectivity index (χ1n) is 19.0. The number of carboxylic acid groups (broad SMARTS) is 1. The molecule has 1 unspecified atom stereocenters. The first-order chi connectivity index (χ1) is 22.0. The van der Waals surface area contributed by atoms with E-state index in [-0.39, 0.29) is 24.5 Å². The number of nitrogens with one attached hydrogen (secondary N) is 1. The maximum absolute atomic E-state index is 12.6. The Balaban J connectivity index is 4.17. The van der Waals surface area contributed by atoms with Crippen LogP contribution in [0.25, 0.3) is 0 Å². The molecule has 0 aliphatic heterocycles. The number of carbonyl (C=O) groups is 3. The number of carboxylic acids is 1. The van der Waals surface area contributed by atoms with Crippen LogP contribution < -0.4 is 5.32 Å². The molecular formula is C39H71NO5. The minimum atomic E-state index is -1.03. The Morgan fingerprint density at radius 2 is 1.02 bits per heavy atom. The molecule has 0 aliphatic carbocycles. The Labute approximate surface area is 277 Å². The Bertz CT molecular complexity index is 748.